The molecule has 0 bridgehead atoms. The van der Waals surface area contributed by atoms with Crippen molar-refractivity contribution in [3.05, 3.63) is 0 Å². The van der Waals surface area contributed by atoms with Gasteiger partial charge in [-0.1, -0.05) is 34.1 Å². The highest BCUT2D eigenvalue weighted by Gasteiger charge is 2.51. The molecule has 0 amide bonds. The van der Waals surface area contributed by atoms with Crippen molar-refractivity contribution in [2.45, 2.75) is 90.6 Å². The lowest BCUT2D eigenvalue weighted by Gasteiger charge is -2.37. The first-order valence-electron chi connectivity index (χ1n) is 9.72. The van der Waals surface area contributed by atoms with Gasteiger partial charge in [-0.05, 0) is 26.2 Å². The number of carbonyl (C=O) groups excluding carboxylic acids is 2. The van der Waals surface area contributed by atoms with Gasteiger partial charge in [-0.2, -0.15) is 0 Å². The summed E-state index contributed by atoms with van der Waals surface area (Å²) in [5, 5.41) is 21.3. The molecule has 2 heterocycles. The van der Waals surface area contributed by atoms with Crippen LogP contribution in [0.2, 0.25) is 0 Å². The van der Waals surface area contributed by atoms with Crippen molar-refractivity contribution in [1.29, 1.82) is 0 Å². The second kappa shape index (κ2) is 7.56. The van der Waals surface area contributed by atoms with E-state index >= 15 is 0 Å². The molecule has 26 heavy (non-hydrogen) atoms. The summed E-state index contributed by atoms with van der Waals surface area (Å²) in [5.41, 5.74) is -1.05. The molecule has 6 heteroatoms. The van der Waals surface area contributed by atoms with Gasteiger partial charge in [0.15, 0.2) is 5.79 Å². The van der Waals surface area contributed by atoms with Gasteiger partial charge in [0, 0.05) is 24.2 Å². The third-order valence-corrected chi connectivity index (χ3v) is 6.37. The van der Waals surface area contributed by atoms with Crippen LogP contribution in [0.25, 0.3) is 0 Å². The fraction of sp³-hybridized carbons (Fsp3) is 0.900. The molecular weight excluding hydrogens is 336 g/mol. The minimum absolute atomic E-state index is 0.0865. The number of esters is 1. The SMILES string of the molecule is CC1CCCC2(C)OC2CCOC(=O)CCC(C)(C)C(=O)C(C)C1(O)O. The Kier molecular flexibility index (Phi) is 6.20. The second-order valence-electron chi connectivity index (χ2n) is 8.97. The van der Waals surface area contributed by atoms with Crippen LogP contribution in [0.15, 0.2) is 0 Å². The number of carbonyl (C=O) groups is 2. The van der Waals surface area contributed by atoms with Crippen molar-refractivity contribution < 1.29 is 29.3 Å². The van der Waals surface area contributed by atoms with Crippen LogP contribution in [0.4, 0.5) is 0 Å². The molecule has 0 aromatic carbocycles. The minimum atomic E-state index is -2.07. The van der Waals surface area contributed by atoms with Crippen LogP contribution < -0.4 is 0 Å². The Morgan fingerprint density at radius 2 is 1.69 bits per heavy atom. The standard InChI is InChI=1S/C20H34O6/c1-13-7-6-10-19(5)15(26-19)9-12-25-16(21)8-11-18(3,4)17(22)14(2)20(13,23)24/h13-15,23-24H,6-12H2,1-5H3. The van der Waals surface area contributed by atoms with E-state index in [0.29, 0.717) is 25.9 Å². The van der Waals surface area contributed by atoms with Gasteiger partial charge in [0.05, 0.1) is 24.2 Å². The Balaban J connectivity index is 2.13. The first kappa shape index (κ1) is 21.3. The molecule has 0 radical (unpaired) electrons. The van der Waals surface area contributed by atoms with E-state index in [1.165, 1.54) is 0 Å². The number of rotatable bonds is 0. The van der Waals surface area contributed by atoms with E-state index in [1.807, 2.05) is 6.92 Å². The Morgan fingerprint density at radius 3 is 2.35 bits per heavy atom. The number of epoxide rings is 1. The zero-order chi connectivity index (χ0) is 19.8. The highest BCUT2D eigenvalue weighted by molar-refractivity contribution is 5.87. The normalized spacial score (nSPS) is 39.0. The first-order chi connectivity index (χ1) is 11.9. The van der Waals surface area contributed by atoms with Crippen molar-refractivity contribution in [3.8, 4) is 0 Å². The number of aliphatic hydroxyl groups is 2. The fourth-order valence-corrected chi connectivity index (χ4v) is 3.94. The minimum Gasteiger partial charge on any atom is -0.466 e. The molecular formula is C20H34O6. The van der Waals surface area contributed by atoms with Gasteiger partial charge < -0.3 is 19.7 Å². The monoisotopic (exact) mass is 370 g/mol. The predicted molar refractivity (Wildman–Crippen MR) is 96.2 cm³/mol. The van der Waals surface area contributed by atoms with Crippen LogP contribution in [-0.2, 0) is 19.1 Å². The Labute approximate surface area is 156 Å². The van der Waals surface area contributed by atoms with Crippen molar-refractivity contribution >= 4 is 11.8 Å². The van der Waals surface area contributed by atoms with Crippen LogP contribution in [0.1, 0.15) is 73.1 Å². The largest absolute Gasteiger partial charge is 0.466 e. The molecule has 0 saturated carbocycles. The smallest absolute Gasteiger partial charge is 0.305 e. The van der Waals surface area contributed by atoms with Gasteiger partial charge in [0.1, 0.15) is 5.78 Å². The molecule has 2 saturated heterocycles. The molecule has 0 aliphatic carbocycles. The second-order valence-corrected chi connectivity index (χ2v) is 8.97. The van der Waals surface area contributed by atoms with Gasteiger partial charge in [-0.3, -0.25) is 9.59 Å². The Hall–Kier alpha value is -0.980. The maximum Gasteiger partial charge on any atom is 0.305 e. The molecule has 4 unspecified atom stereocenters. The summed E-state index contributed by atoms with van der Waals surface area (Å²) in [6.07, 6.45) is 3.39. The van der Waals surface area contributed by atoms with Crippen molar-refractivity contribution in [2.24, 2.45) is 17.3 Å². The number of ketones is 1. The molecule has 2 rings (SSSR count). The van der Waals surface area contributed by atoms with Gasteiger partial charge in [-0.15, -0.1) is 0 Å². The molecule has 6 nitrogen and oxygen atoms in total. The highest BCUT2D eigenvalue weighted by atomic mass is 16.6. The summed E-state index contributed by atoms with van der Waals surface area (Å²) in [4.78, 5) is 24.8. The summed E-state index contributed by atoms with van der Waals surface area (Å²) in [6.45, 7) is 9.18. The maximum absolute atomic E-state index is 12.8. The molecule has 0 aromatic rings. The average molecular weight is 370 g/mol. The summed E-state index contributed by atoms with van der Waals surface area (Å²) >= 11 is 0. The van der Waals surface area contributed by atoms with E-state index < -0.39 is 23.0 Å². The Morgan fingerprint density at radius 1 is 1.04 bits per heavy atom. The van der Waals surface area contributed by atoms with Crippen molar-refractivity contribution in [2.75, 3.05) is 6.61 Å². The lowest BCUT2D eigenvalue weighted by Crippen LogP contribution is -2.49. The van der Waals surface area contributed by atoms with E-state index in [1.54, 1.807) is 27.7 Å². The molecule has 2 aliphatic rings. The number of hydrogen-bond donors (Lipinski definition) is 2. The third kappa shape index (κ3) is 4.65. The molecule has 2 fully saturated rings. The Bertz CT molecular complexity index is 540. The number of ether oxygens (including phenoxy) is 2. The third-order valence-electron chi connectivity index (χ3n) is 6.37. The van der Waals surface area contributed by atoms with Crippen LogP contribution in [0.5, 0.6) is 0 Å². The van der Waals surface area contributed by atoms with Crippen LogP contribution in [-0.4, -0.2) is 46.1 Å². The lowest BCUT2D eigenvalue weighted by atomic mass is 9.73. The molecule has 0 spiro atoms. The number of fused-ring (bicyclic) bond motifs is 1. The molecule has 0 aromatic heterocycles. The summed E-state index contributed by atoms with van der Waals surface area (Å²) in [7, 11) is 0. The van der Waals surface area contributed by atoms with Gasteiger partial charge in [0.2, 0.25) is 0 Å². The highest BCUT2D eigenvalue weighted by Crippen LogP contribution is 2.43. The molecule has 2 aliphatic heterocycles. The quantitative estimate of drug-likeness (QED) is 0.386. The maximum atomic E-state index is 12.8. The number of Topliss-reactive ketones (excluding diaryl/α,β-unsaturated/α-hetero) is 1. The number of cyclic esters (lactones) is 1. The molecule has 2 N–H and O–H groups in total. The summed E-state index contributed by atoms with van der Waals surface area (Å²) in [6, 6.07) is 0. The van der Waals surface area contributed by atoms with Gasteiger partial charge >= 0.3 is 5.97 Å². The topological polar surface area (TPSA) is 96.4 Å². The van der Waals surface area contributed by atoms with Crippen LogP contribution in [0.3, 0.4) is 0 Å². The van der Waals surface area contributed by atoms with Crippen LogP contribution >= 0.6 is 0 Å². The first-order valence-corrected chi connectivity index (χ1v) is 9.72. The lowest BCUT2D eigenvalue weighted by molar-refractivity contribution is -0.230. The predicted octanol–water partition coefficient (Wildman–Crippen LogP) is 2.59. The van der Waals surface area contributed by atoms with E-state index in [-0.39, 0.29) is 29.9 Å². The van der Waals surface area contributed by atoms with E-state index in [4.69, 9.17) is 9.47 Å². The van der Waals surface area contributed by atoms with Crippen molar-refractivity contribution in [3.63, 3.8) is 0 Å². The fourth-order valence-electron chi connectivity index (χ4n) is 3.94. The molecule has 4 atom stereocenters. The zero-order valence-electron chi connectivity index (χ0n) is 16.7. The van der Waals surface area contributed by atoms with Crippen LogP contribution in [0, 0.1) is 17.3 Å². The zero-order valence-corrected chi connectivity index (χ0v) is 16.7. The average Bonchev–Trinajstić information content (AvgIpc) is 3.20. The van der Waals surface area contributed by atoms with E-state index in [0.717, 1.165) is 12.8 Å². The van der Waals surface area contributed by atoms with E-state index in [2.05, 4.69) is 0 Å². The van der Waals surface area contributed by atoms with Crippen molar-refractivity contribution in [1.82, 2.24) is 0 Å². The van der Waals surface area contributed by atoms with E-state index in [9.17, 15) is 19.8 Å². The van der Waals surface area contributed by atoms with Gasteiger partial charge in [0.25, 0.3) is 0 Å². The van der Waals surface area contributed by atoms with Gasteiger partial charge in [-0.25, -0.2) is 0 Å². The molecule has 150 valence electrons. The number of hydrogen-bond acceptors (Lipinski definition) is 6. The summed E-state index contributed by atoms with van der Waals surface area (Å²) < 4.78 is 11.0. The summed E-state index contributed by atoms with van der Waals surface area (Å²) in [5.74, 6) is -4.02.